The molecule has 90 valence electrons. The van der Waals surface area contributed by atoms with Crippen molar-refractivity contribution in [2.24, 2.45) is 0 Å². The van der Waals surface area contributed by atoms with Gasteiger partial charge in [-0.1, -0.05) is 30.3 Å². The summed E-state index contributed by atoms with van der Waals surface area (Å²) >= 11 is 0. The molecule has 0 saturated carbocycles. The predicted molar refractivity (Wildman–Crippen MR) is 74.7 cm³/mol. The summed E-state index contributed by atoms with van der Waals surface area (Å²) < 4.78 is 0. The highest BCUT2D eigenvalue weighted by atomic mass is 16.1. The first-order chi connectivity index (χ1) is 8.72. The van der Waals surface area contributed by atoms with Gasteiger partial charge >= 0.3 is 0 Å². The van der Waals surface area contributed by atoms with Crippen molar-refractivity contribution in [2.75, 3.05) is 11.4 Å². The Morgan fingerprint density at radius 2 is 1.83 bits per heavy atom. The van der Waals surface area contributed by atoms with Crippen LogP contribution in [0.1, 0.15) is 13.3 Å². The van der Waals surface area contributed by atoms with Gasteiger partial charge in [0.25, 0.3) is 0 Å². The van der Waals surface area contributed by atoms with Crippen LogP contribution in [0.25, 0.3) is 10.8 Å². The van der Waals surface area contributed by atoms with E-state index in [-0.39, 0.29) is 5.78 Å². The maximum Gasteiger partial charge on any atom is 0.156 e. The summed E-state index contributed by atoms with van der Waals surface area (Å²) in [6.45, 7) is 2.49. The summed E-state index contributed by atoms with van der Waals surface area (Å²) in [5.41, 5.74) is 2.21. The van der Waals surface area contributed by atoms with Crippen LogP contribution < -0.4 is 4.90 Å². The zero-order chi connectivity index (χ0) is 12.5. The monoisotopic (exact) mass is 237 g/mol. The molecule has 0 N–H and O–H groups in total. The number of carbonyl (C=O) groups excluding carboxylic acids is 1. The van der Waals surface area contributed by atoms with E-state index in [9.17, 15) is 4.79 Å². The number of hydrogen-bond donors (Lipinski definition) is 0. The molecule has 1 aliphatic heterocycles. The molecule has 0 atom stereocenters. The van der Waals surface area contributed by atoms with Gasteiger partial charge in [-0.05, 0) is 35.4 Å². The fourth-order valence-electron chi connectivity index (χ4n) is 2.44. The Hall–Kier alpha value is -2.09. The number of benzene rings is 2. The number of nitrogens with zero attached hydrogens (tertiary/aromatic N) is 1. The third-order valence-electron chi connectivity index (χ3n) is 3.26. The molecule has 0 radical (unpaired) electrons. The Balaban J connectivity index is 2.04. The summed E-state index contributed by atoms with van der Waals surface area (Å²) in [5, 5.41) is 2.43. The highest BCUT2D eigenvalue weighted by molar-refractivity contribution is 5.90. The number of anilines is 1. The Bertz CT molecular complexity index is 642. The Labute approximate surface area is 107 Å². The molecule has 0 spiro atoms. The number of carbonyl (C=O) groups is 1. The molecule has 0 aliphatic carbocycles. The van der Waals surface area contributed by atoms with Crippen LogP contribution in [-0.2, 0) is 4.79 Å². The average molecular weight is 237 g/mol. The molecule has 18 heavy (non-hydrogen) atoms. The molecule has 2 aromatic rings. The predicted octanol–water partition coefficient (Wildman–Crippen LogP) is 3.52. The fraction of sp³-hybridized carbons (Fsp3) is 0.188. The van der Waals surface area contributed by atoms with Crippen LogP contribution in [-0.4, -0.2) is 12.3 Å². The van der Waals surface area contributed by atoms with Gasteiger partial charge in [0.1, 0.15) is 0 Å². The molecule has 2 heteroatoms. The molecule has 0 aromatic heterocycles. The van der Waals surface area contributed by atoms with Crippen molar-refractivity contribution in [3.8, 4) is 0 Å². The number of hydrogen-bond acceptors (Lipinski definition) is 2. The number of ketones is 1. The van der Waals surface area contributed by atoms with Crippen LogP contribution in [0, 0.1) is 0 Å². The highest BCUT2D eigenvalue weighted by Gasteiger charge is 2.16. The Morgan fingerprint density at radius 1 is 1.06 bits per heavy atom. The lowest BCUT2D eigenvalue weighted by Crippen LogP contribution is -2.29. The fourth-order valence-corrected chi connectivity index (χ4v) is 2.44. The van der Waals surface area contributed by atoms with E-state index in [1.165, 1.54) is 10.8 Å². The molecule has 0 unspecified atom stereocenters. The quantitative estimate of drug-likeness (QED) is 0.756. The van der Waals surface area contributed by atoms with Crippen molar-refractivity contribution >= 4 is 22.2 Å². The standard InChI is InChI=1S/C16H15NO/c1-12-8-16(18)11-17(10-12)15-7-6-13-4-2-3-5-14(13)9-15/h2-7,9-10H,8,11H2,1H3. The molecule has 1 aliphatic rings. The van der Waals surface area contributed by atoms with Gasteiger partial charge in [0.15, 0.2) is 5.78 Å². The zero-order valence-corrected chi connectivity index (χ0v) is 10.4. The van der Waals surface area contributed by atoms with Crippen LogP contribution in [0.15, 0.2) is 54.2 Å². The van der Waals surface area contributed by atoms with Crippen molar-refractivity contribution in [2.45, 2.75) is 13.3 Å². The number of rotatable bonds is 1. The minimum Gasteiger partial charge on any atom is -0.341 e. The maximum absolute atomic E-state index is 11.6. The van der Waals surface area contributed by atoms with E-state index >= 15 is 0 Å². The van der Waals surface area contributed by atoms with Gasteiger partial charge in [-0.3, -0.25) is 4.79 Å². The largest absolute Gasteiger partial charge is 0.341 e. The van der Waals surface area contributed by atoms with Crippen LogP contribution in [0.2, 0.25) is 0 Å². The molecule has 0 saturated heterocycles. The summed E-state index contributed by atoms with van der Waals surface area (Å²) in [6, 6.07) is 14.6. The van der Waals surface area contributed by atoms with Crippen molar-refractivity contribution < 1.29 is 4.79 Å². The summed E-state index contributed by atoms with van der Waals surface area (Å²) in [7, 11) is 0. The van der Waals surface area contributed by atoms with E-state index in [2.05, 4.69) is 36.5 Å². The molecule has 3 rings (SSSR count). The minimum absolute atomic E-state index is 0.281. The van der Waals surface area contributed by atoms with Gasteiger partial charge in [0.2, 0.25) is 0 Å². The minimum atomic E-state index is 0.281. The van der Waals surface area contributed by atoms with E-state index in [0.717, 1.165) is 11.3 Å². The van der Waals surface area contributed by atoms with Gasteiger partial charge in [0.05, 0.1) is 6.54 Å². The van der Waals surface area contributed by atoms with Gasteiger partial charge in [-0.15, -0.1) is 0 Å². The van der Waals surface area contributed by atoms with Crippen LogP contribution in [0.3, 0.4) is 0 Å². The van der Waals surface area contributed by atoms with Gasteiger partial charge in [0, 0.05) is 18.3 Å². The topological polar surface area (TPSA) is 20.3 Å². The second-order valence-corrected chi connectivity index (χ2v) is 4.85. The summed E-state index contributed by atoms with van der Waals surface area (Å²) in [5.74, 6) is 0.281. The molecule has 2 aromatic carbocycles. The molecular formula is C16H15NO. The molecular weight excluding hydrogens is 222 g/mol. The smallest absolute Gasteiger partial charge is 0.156 e. The summed E-state index contributed by atoms with van der Waals surface area (Å²) in [4.78, 5) is 13.7. The Kier molecular flexibility index (Phi) is 2.63. The van der Waals surface area contributed by atoms with Crippen molar-refractivity contribution in [3.63, 3.8) is 0 Å². The third-order valence-corrected chi connectivity index (χ3v) is 3.26. The number of Topliss-reactive ketones (excluding diaryl/α,β-unsaturated/α-hetero) is 1. The maximum atomic E-state index is 11.6. The van der Waals surface area contributed by atoms with Crippen LogP contribution in [0.5, 0.6) is 0 Å². The lowest BCUT2D eigenvalue weighted by atomic mass is 10.1. The van der Waals surface area contributed by atoms with E-state index < -0.39 is 0 Å². The highest BCUT2D eigenvalue weighted by Crippen LogP contribution is 2.25. The van der Waals surface area contributed by atoms with E-state index in [4.69, 9.17) is 0 Å². The summed E-state index contributed by atoms with van der Waals surface area (Å²) in [6.07, 6.45) is 2.66. The molecule has 2 nitrogen and oxygen atoms in total. The van der Waals surface area contributed by atoms with Crippen LogP contribution >= 0.6 is 0 Å². The second-order valence-electron chi connectivity index (χ2n) is 4.85. The number of allylic oxidation sites excluding steroid dienone is 1. The first kappa shape index (κ1) is 11.0. The SMILES string of the molecule is CC1=CN(c2ccc3ccccc3c2)CC(=O)C1. The van der Waals surface area contributed by atoms with Crippen LogP contribution in [0.4, 0.5) is 5.69 Å². The normalized spacial score (nSPS) is 15.9. The van der Waals surface area contributed by atoms with Crippen molar-refractivity contribution in [3.05, 3.63) is 54.2 Å². The first-order valence-corrected chi connectivity index (χ1v) is 6.17. The van der Waals surface area contributed by atoms with Gasteiger partial charge < -0.3 is 4.90 Å². The molecule has 0 amide bonds. The average Bonchev–Trinajstić information content (AvgIpc) is 2.37. The van der Waals surface area contributed by atoms with E-state index in [1.54, 1.807) is 0 Å². The van der Waals surface area contributed by atoms with Crippen molar-refractivity contribution in [1.82, 2.24) is 0 Å². The number of fused-ring (bicyclic) bond motifs is 1. The lowest BCUT2D eigenvalue weighted by Gasteiger charge is -2.25. The van der Waals surface area contributed by atoms with Gasteiger partial charge in [-0.2, -0.15) is 0 Å². The molecule has 1 heterocycles. The van der Waals surface area contributed by atoms with Crippen molar-refractivity contribution in [1.29, 1.82) is 0 Å². The molecule has 0 bridgehead atoms. The van der Waals surface area contributed by atoms with E-state index in [1.807, 2.05) is 24.0 Å². The zero-order valence-electron chi connectivity index (χ0n) is 10.4. The second kappa shape index (κ2) is 4.30. The van der Waals surface area contributed by atoms with E-state index in [0.29, 0.717) is 13.0 Å². The lowest BCUT2D eigenvalue weighted by molar-refractivity contribution is -0.117. The van der Waals surface area contributed by atoms with Gasteiger partial charge in [-0.25, -0.2) is 0 Å². The molecule has 0 fully saturated rings. The Morgan fingerprint density at radius 3 is 2.61 bits per heavy atom. The first-order valence-electron chi connectivity index (χ1n) is 6.17. The third kappa shape index (κ3) is 2.02.